The smallest absolute Gasteiger partial charge is 0.296 e. The molecule has 0 aromatic carbocycles. The standard InChI is InChI=1S/C9H21N2O4P/c1-3-5-7-14-16(13,11-10-9-12)15-8-6-4-2/h9H,3-8H2,1-2H3,(H,10,12)(H,11,13). The fraction of sp³-hybridized carbons (Fsp3) is 0.889. The number of hydrazine groups is 1. The lowest BCUT2D eigenvalue weighted by Crippen LogP contribution is -2.29. The van der Waals surface area contributed by atoms with Gasteiger partial charge in [-0.05, 0) is 12.8 Å². The maximum Gasteiger partial charge on any atom is 0.423 e. The Kier molecular flexibility index (Phi) is 9.52. The number of carbonyl (C=O) groups is 1. The van der Waals surface area contributed by atoms with E-state index >= 15 is 0 Å². The molecule has 96 valence electrons. The molecule has 0 atom stereocenters. The summed E-state index contributed by atoms with van der Waals surface area (Å²) in [6, 6.07) is 0. The fourth-order valence-corrected chi connectivity index (χ4v) is 2.02. The first-order valence-electron chi connectivity index (χ1n) is 5.54. The van der Waals surface area contributed by atoms with Gasteiger partial charge in [-0.2, -0.15) is 0 Å². The Labute approximate surface area is 96.6 Å². The monoisotopic (exact) mass is 252 g/mol. The second-order valence-corrected chi connectivity index (χ2v) is 4.98. The van der Waals surface area contributed by atoms with Crippen LogP contribution in [0.3, 0.4) is 0 Å². The molecule has 0 aliphatic carbocycles. The number of rotatable bonds is 11. The van der Waals surface area contributed by atoms with Crippen LogP contribution in [0, 0.1) is 0 Å². The van der Waals surface area contributed by atoms with Crippen LogP contribution in [0.4, 0.5) is 0 Å². The first kappa shape index (κ1) is 15.6. The molecule has 0 aromatic heterocycles. The van der Waals surface area contributed by atoms with Crippen molar-refractivity contribution < 1.29 is 18.4 Å². The molecule has 0 fully saturated rings. The Bertz CT molecular complexity index is 212. The van der Waals surface area contributed by atoms with Crippen LogP contribution in [-0.2, 0) is 18.4 Å². The topological polar surface area (TPSA) is 76.7 Å². The Hall–Kier alpha value is -0.420. The van der Waals surface area contributed by atoms with Gasteiger partial charge in [0.15, 0.2) is 0 Å². The normalized spacial score (nSPS) is 11.4. The Morgan fingerprint density at radius 2 is 1.62 bits per heavy atom. The van der Waals surface area contributed by atoms with Crippen LogP contribution in [0.2, 0.25) is 0 Å². The van der Waals surface area contributed by atoms with Gasteiger partial charge in [0.1, 0.15) is 0 Å². The second-order valence-electron chi connectivity index (χ2n) is 3.25. The first-order chi connectivity index (χ1) is 7.68. The van der Waals surface area contributed by atoms with Gasteiger partial charge in [0, 0.05) is 0 Å². The van der Waals surface area contributed by atoms with Crippen molar-refractivity contribution in [2.24, 2.45) is 0 Å². The third kappa shape index (κ3) is 7.82. The number of hydrogen-bond acceptors (Lipinski definition) is 4. The molecule has 0 saturated heterocycles. The predicted octanol–water partition coefficient (Wildman–Crippen LogP) is 1.98. The molecular weight excluding hydrogens is 231 g/mol. The molecule has 0 spiro atoms. The molecule has 0 radical (unpaired) electrons. The SMILES string of the molecule is CCCCOP(=O)(NNC=O)OCCCC. The van der Waals surface area contributed by atoms with Crippen LogP contribution in [-0.4, -0.2) is 19.6 Å². The van der Waals surface area contributed by atoms with Crippen molar-refractivity contribution in [1.82, 2.24) is 10.6 Å². The summed E-state index contributed by atoms with van der Waals surface area (Å²) >= 11 is 0. The van der Waals surface area contributed by atoms with Crippen LogP contribution in [0.15, 0.2) is 0 Å². The van der Waals surface area contributed by atoms with Crippen molar-refractivity contribution in [3.8, 4) is 0 Å². The average Bonchev–Trinajstić information content (AvgIpc) is 2.27. The Morgan fingerprint density at radius 3 is 2.00 bits per heavy atom. The minimum absolute atomic E-state index is 0.341. The summed E-state index contributed by atoms with van der Waals surface area (Å²) in [6.45, 7) is 4.69. The maximum atomic E-state index is 11.9. The Morgan fingerprint density at radius 1 is 1.12 bits per heavy atom. The molecule has 6 nitrogen and oxygen atoms in total. The molecule has 1 amide bonds. The second kappa shape index (κ2) is 9.78. The highest BCUT2D eigenvalue weighted by Gasteiger charge is 2.23. The zero-order chi connectivity index (χ0) is 12.3. The van der Waals surface area contributed by atoms with E-state index in [1.54, 1.807) is 0 Å². The highest BCUT2D eigenvalue weighted by Crippen LogP contribution is 2.42. The molecule has 0 aliphatic heterocycles. The fourth-order valence-electron chi connectivity index (χ4n) is 0.865. The number of amides is 1. The van der Waals surface area contributed by atoms with Crippen LogP contribution in [0.5, 0.6) is 0 Å². The van der Waals surface area contributed by atoms with Gasteiger partial charge in [-0.25, -0.2) is 4.57 Å². The summed E-state index contributed by atoms with van der Waals surface area (Å²) in [7, 11) is -3.39. The summed E-state index contributed by atoms with van der Waals surface area (Å²) in [6.07, 6.45) is 3.86. The van der Waals surface area contributed by atoms with Crippen LogP contribution in [0.25, 0.3) is 0 Å². The van der Waals surface area contributed by atoms with Gasteiger partial charge in [-0.15, -0.1) is 5.20 Å². The maximum absolute atomic E-state index is 11.9. The van der Waals surface area contributed by atoms with Gasteiger partial charge >= 0.3 is 7.75 Å². The number of carbonyl (C=O) groups excluding carboxylic acids is 1. The highest BCUT2D eigenvalue weighted by molar-refractivity contribution is 7.51. The minimum atomic E-state index is -3.39. The van der Waals surface area contributed by atoms with Crippen molar-refractivity contribution in [2.75, 3.05) is 13.2 Å². The van der Waals surface area contributed by atoms with Crippen LogP contribution < -0.4 is 10.6 Å². The number of hydrogen-bond donors (Lipinski definition) is 2. The van der Waals surface area contributed by atoms with E-state index < -0.39 is 7.75 Å². The van der Waals surface area contributed by atoms with Gasteiger partial charge in [0.2, 0.25) is 6.41 Å². The highest BCUT2D eigenvalue weighted by atomic mass is 31.2. The molecule has 0 aliphatic rings. The predicted molar refractivity (Wildman–Crippen MR) is 61.7 cm³/mol. The van der Waals surface area contributed by atoms with Crippen LogP contribution >= 0.6 is 7.75 Å². The van der Waals surface area contributed by atoms with Gasteiger partial charge in [0.05, 0.1) is 13.2 Å². The summed E-state index contributed by atoms with van der Waals surface area (Å²) in [4.78, 5) is 10.1. The lowest BCUT2D eigenvalue weighted by molar-refractivity contribution is -0.110. The van der Waals surface area contributed by atoms with Crippen molar-refractivity contribution in [3.05, 3.63) is 0 Å². The van der Waals surface area contributed by atoms with E-state index in [4.69, 9.17) is 9.05 Å². The van der Waals surface area contributed by atoms with Crippen LogP contribution in [0.1, 0.15) is 39.5 Å². The van der Waals surface area contributed by atoms with Gasteiger partial charge < -0.3 is 0 Å². The third-order valence-corrected chi connectivity index (χ3v) is 3.23. The molecule has 16 heavy (non-hydrogen) atoms. The minimum Gasteiger partial charge on any atom is -0.296 e. The van der Waals surface area contributed by atoms with Crippen molar-refractivity contribution in [1.29, 1.82) is 0 Å². The third-order valence-electron chi connectivity index (χ3n) is 1.78. The largest absolute Gasteiger partial charge is 0.423 e. The molecule has 0 heterocycles. The average molecular weight is 252 g/mol. The van der Waals surface area contributed by atoms with Gasteiger partial charge in [0.25, 0.3) is 0 Å². The van der Waals surface area contributed by atoms with E-state index in [-0.39, 0.29) is 0 Å². The van der Waals surface area contributed by atoms with Gasteiger partial charge in [-0.3, -0.25) is 19.3 Å². The summed E-state index contributed by atoms with van der Waals surface area (Å²) in [5.74, 6) is 0. The lowest BCUT2D eigenvalue weighted by Gasteiger charge is -2.18. The Balaban J connectivity index is 4.02. The quantitative estimate of drug-likeness (QED) is 0.254. The molecule has 0 rings (SSSR count). The molecule has 0 aromatic rings. The molecule has 7 heteroatoms. The molecule has 0 bridgehead atoms. The molecule has 0 saturated carbocycles. The van der Waals surface area contributed by atoms with Crippen molar-refractivity contribution in [3.63, 3.8) is 0 Å². The number of unbranched alkanes of at least 4 members (excludes halogenated alkanes) is 2. The first-order valence-corrected chi connectivity index (χ1v) is 7.08. The molecule has 0 unspecified atom stereocenters. The lowest BCUT2D eigenvalue weighted by atomic mass is 10.4. The molecule has 2 N–H and O–H groups in total. The van der Waals surface area contributed by atoms with E-state index in [0.29, 0.717) is 19.6 Å². The molecular formula is C9H21N2O4P. The summed E-state index contributed by atoms with van der Waals surface area (Å²) < 4.78 is 22.2. The summed E-state index contributed by atoms with van der Waals surface area (Å²) in [5.41, 5.74) is 2.10. The van der Waals surface area contributed by atoms with Crippen molar-refractivity contribution in [2.45, 2.75) is 39.5 Å². The zero-order valence-electron chi connectivity index (χ0n) is 9.90. The van der Waals surface area contributed by atoms with E-state index in [1.807, 2.05) is 13.8 Å². The van der Waals surface area contributed by atoms with Crippen molar-refractivity contribution >= 4 is 14.2 Å². The zero-order valence-corrected chi connectivity index (χ0v) is 10.8. The van der Waals surface area contributed by atoms with Gasteiger partial charge in [-0.1, -0.05) is 26.7 Å². The summed E-state index contributed by atoms with van der Waals surface area (Å²) in [5, 5.41) is 2.26. The number of nitrogens with one attached hydrogen (secondary N) is 2. The van der Waals surface area contributed by atoms with E-state index in [1.165, 1.54) is 0 Å². The van der Waals surface area contributed by atoms with E-state index in [9.17, 15) is 9.36 Å². The van der Waals surface area contributed by atoms with E-state index in [2.05, 4.69) is 10.6 Å². The van der Waals surface area contributed by atoms with E-state index in [0.717, 1.165) is 25.7 Å².